The second kappa shape index (κ2) is 4.21. The van der Waals surface area contributed by atoms with Crippen LogP contribution >= 0.6 is 11.6 Å². The number of fused-ring (bicyclic) bond motifs is 1. The molecule has 1 aromatic carbocycles. The van der Waals surface area contributed by atoms with Crippen LogP contribution in [0.5, 0.6) is 0 Å². The lowest BCUT2D eigenvalue weighted by atomic mass is 10.0. The highest BCUT2D eigenvalue weighted by Gasteiger charge is 2.49. The molecule has 19 heavy (non-hydrogen) atoms. The number of carbonyl (C=O) groups is 1. The monoisotopic (exact) mass is 299 g/mol. The van der Waals surface area contributed by atoms with Gasteiger partial charge in [-0.25, -0.2) is 8.42 Å². The summed E-state index contributed by atoms with van der Waals surface area (Å²) in [4.78, 5) is 13.8. The number of aryl methyl sites for hydroxylation is 1. The SMILES string of the molecule is Cc1ccc(Cl)cc1N1C(=O)C[C@@H]2CS(=O)(=O)C[C@H]21. The van der Waals surface area contributed by atoms with Gasteiger partial charge in [0.2, 0.25) is 5.91 Å². The predicted molar refractivity (Wildman–Crippen MR) is 74.2 cm³/mol. The van der Waals surface area contributed by atoms with Crippen LogP contribution in [0.25, 0.3) is 0 Å². The zero-order valence-corrected chi connectivity index (χ0v) is 12.0. The number of nitrogens with zero attached hydrogens (tertiary/aromatic N) is 1. The molecule has 4 nitrogen and oxygen atoms in total. The minimum Gasteiger partial charge on any atom is -0.308 e. The Morgan fingerprint density at radius 2 is 2.05 bits per heavy atom. The Morgan fingerprint density at radius 1 is 1.32 bits per heavy atom. The molecule has 2 fully saturated rings. The fraction of sp³-hybridized carbons (Fsp3) is 0.462. The van der Waals surface area contributed by atoms with Gasteiger partial charge in [0.05, 0.1) is 17.5 Å². The van der Waals surface area contributed by atoms with E-state index in [-0.39, 0.29) is 29.4 Å². The molecule has 2 aliphatic heterocycles. The van der Waals surface area contributed by atoms with Crippen molar-refractivity contribution in [3.8, 4) is 0 Å². The predicted octanol–water partition coefficient (Wildman–Crippen LogP) is 1.80. The molecule has 0 radical (unpaired) electrons. The van der Waals surface area contributed by atoms with Crippen LogP contribution in [0.1, 0.15) is 12.0 Å². The van der Waals surface area contributed by atoms with E-state index in [2.05, 4.69) is 0 Å². The highest BCUT2D eigenvalue weighted by molar-refractivity contribution is 7.91. The Labute approximate surface area is 117 Å². The van der Waals surface area contributed by atoms with E-state index in [1.165, 1.54) is 0 Å². The van der Waals surface area contributed by atoms with Crippen molar-refractivity contribution in [2.75, 3.05) is 16.4 Å². The van der Waals surface area contributed by atoms with Crippen molar-refractivity contribution in [3.05, 3.63) is 28.8 Å². The molecule has 1 aromatic rings. The molecule has 0 aliphatic carbocycles. The molecule has 6 heteroatoms. The number of sulfone groups is 1. The maximum atomic E-state index is 12.2. The maximum absolute atomic E-state index is 12.2. The minimum absolute atomic E-state index is 0.00438. The van der Waals surface area contributed by atoms with Crippen molar-refractivity contribution in [2.24, 2.45) is 5.92 Å². The molecule has 0 saturated carbocycles. The molecule has 0 aromatic heterocycles. The summed E-state index contributed by atoms with van der Waals surface area (Å²) in [5, 5.41) is 0.553. The summed E-state index contributed by atoms with van der Waals surface area (Å²) in [5.74, 6) is 0.112. The number of rotatable bonds is 1. The number of anilines is 1. The minimum atomic E-state index is -3.02. The van der Waals surface area contributed by atoms with Gasteiger partial charge >= 0.3 is 0 Å². The molecule has 0 spiro atoms. The highest BCUT2D eigenvalue weighted by atomic mass is 35.5. The normalized spacial score (nSPS) is 28.7. The summed E-state index contributed by atoms with van der Waals surface area (Å²) in [7, 11) is -3.02. The van der Waals surface area contributed by atoms with Crippen molar-refractivity contribution in [1.82, 2.24) is 0 Å². The van der Waals surface area contributed by atoms with Gasteiger partial charge in [-0.05, 0) is 24.6 Å². The van der Waals surface area contributed by atoms with Crippen LogP contribution < -0.4 is 4.90 Å². The van der Waals surface area contributed by atoms with Crippen molar-refractivity contribution in [3.63, 3.8) is 0 Å². The lowest BCUT2D eigenvalue weighted by Gasteiger charge is -2.25. The number of hydrogen-bond acceptors (Lipinski definition) is 3. The lowest BCUT2D eigenvalue weighted by molar-refractivity contribution is -0.117. The standard InChI is InChI=1S/C13H14ClNO3S/c1-8-2-3-10(14)5-11(8)15-12-7-19(17,18)6-9(12)4-13(15)16/h2-3,5,9,12H,4,6-7H2,1H3/t9-,12-/m1/s1. The lowest BCUT2D eigenvalue weighted by Crippen LogP contribution is -2.36. The van der Waals surface area contributed by atoms with Crippen molar-refractivity contribution < 1.29 is 13.2 Å². The first-order valence-corrected chi connectivity index (χ1v) is 8.36. The van der Waals surface area contributed by atoms with Gasteiger partial charge in [0.25, 0.3) is 0 Å². The third kappa shape index (κ3) is 2.15. The van der Waals surface area contributed by atoms with Gasteiger partial charge in [-0.1, -0.05) is 17.7 Å². The van der Waals surface area contributed by atoms with Crippen LogP contribution in [0.15, 0.2) is 18.2 Å². The van der Waals surface area contributed by atoms with E-state index in [4.69, 9.17) is 11.6 Å². The van der Waals surface area contributed by atoms with Gasteiger partial charge in [-0.15, -0.1) is 0 Å². The Balaban J connectivity index is 2.04. The summed E-state index contributed by atoms with van der Waals surface area (Å²) < 4.78 is 23.4. The largest absolute Gasteiger partial charge is 0.308 e. The maximum Gasteiger partial charge on any atom is 0.227 e. The van der Waals surface area contributed by atoms with Gasteiger partial charge in [0.15, 0.2) is 9.84 Å². The third-order valence-corrected chi connectivity index (χ3v) is 5.93. The van der Waals surface area contributed by atoms with Gasteiger partial charge < -0.3 is 4.90 Å². The average molecular weight is 300 g/mol. The van der Waals surface area contributed by atoms with Crippen molar-refractivity contribution in [1.29, 1.82) is 0 Å². The van der Waals surface area contributed by atoms with Crippen LogP contribution in [0.3, 0.4) is 0 Å². The zero-order chi connectivity index (χ0) is 13.8. The van der Waals surface area contributed by atoms with Gasteiger partial charge in [0, 0.05) is 23.0 Å². The van der Waals surface area contributed by atoms with Crippen LogP contribution in [0, 0.1) is 12.8 Å². The first-order chi connectivity index (χ1) is 8.87. The summed E-state index contributed by atoms with van der Waals surface area (Å²) in [6.07, 6.45) is 0.315. The molecule has 1 amide bonds. The average Bonchev–Trinajstić information content (AvgIpc) is 2.73. The Kier molecular flexibility index (Phi) is 2.87. The van der Waals surface area contributed by atoms with E-state index in [1.54, 1.807) is 17.0 Å². The molecule has 0 bridgehead atoms. The fourth-order valence-corrected chi connectivity index (χ4v) is 5.28. The molecular weight excluding hydrogens is 286 g/mol. The summed E-state index contributed by atoms with van der Waals surface area (Å²) >= 11 is 5.99. The summed E-state index contributed by atoms with van der Waals surface area (Å²) in [5.41, 5.74) is 1.67. The molecular formula is C13H14ClNO3S. The van der Waals surface area contributed by atoms with Crippen LogP contribution in [0.2, 0.25) is 5.02 Å². The second-order valence-electron chi connectivity index (χ2n) is 5.30. The number of carbonyl (C=O) groups excluding carboxylic acids is 1. The van der Waals surface area contributed by atoms with Crippen molar-refractivity contribution in [2.45, 2.75) is 19.4 Å². The van der Waals surface area contributed by atoms with Crippen LogP contribution in [-0.2, 0) is 14.6 Å². The topological polar surface area (TPSA) is 54.5 Å². The first kappa shape index (κ1) is 12.9. The van der Waals surface area contributed by atoms with E-state index in [0.29, 0.717) is 11.4 Å². The molecule has 102 valence electrons. The summed E-state index contributed by atoms with van der Waals surface area (Å²) in [6, 6.07) is 5.13. The number of amides is 1. The van der Waals surface area contributed by atoms with Gasteiger partial charge in [-0.2, -0.15) is 0 Å². The Hall–Kier alpha value is -1.07. The van der Waals surface area contributed by atoms with Crippen LogP contribution in [-0.4, -0.2) is 31.9 Å². The van der Waals surface area contributed by atoms with E-state index in [0.717, 1.165) is 11.3 Å². The molecule has 3 rings (SSSR count). The zero-order valence-electron chi connectivity index (χ0n) is 10.5. The molecule has 2 aliphatic rings. The molecule has 2 atom stereocenters. The molecule has 0 N–H and O–H groups in total. The quantitative estimate of drug-likeness (QED) is 0.794. The number of benzene rings is 1. The van der Waals surface area contributed by atoms with Gasteiger partial charge in [0.1, 0.15) is 0 Å². The molecule has 2 heterocycles. The van der Waals surface area contributed by atoms with E-state index in [9.17, 15) is 13.2 Å². The number of halogens is 1. The van der Waals surface area contributed by atoms with Crippen LogP contribution in [0.4, 0.5) is 5.69 Å². The molecule has 0 unspecified atom stereocenters. The third-order valence-electron chi connectivity index (χ3n) is 3.90. The smallest absolute Gasteiger partial charge is 0.227 e. The van der Waals surface area contributed by atoms with Gasteiger partial charge in [-0.3, -0.25) is 4.79 Å². The Morgan fingerprint density at radius 3 is 2.79 bits per heavy atom. The van der Waals surface area contributed by atoms with E-state index < -0.39 is 9.84 Å². The molecule has 2 saturated heterocycles. The van der Waals surface area contributed by atoms with E-state index in [1.807, 2.05) is 13.0 Å². The highest BCUT2D eigenvalue weighted by Crippen LogP contribution is 2.39. The fourth-order valence-electron chi connectivity index (χ4n) is 3.04. The first-order valence-electron chi connectivity index (χ1n) is 6.16. The Bertz CT molecular complexity index is 656. The second-order valence-corrected chi connectivity index (χ2v) is 7.89. The van der Waals surface area contributed by atoms with E-state index >= 15 is 0 Å². The summed E-state index contributed by atoms with van der Waals surface area (Å²) in [6.45, 7) is 1.90. The number of hydrogen-bond donors (Lipinski definition) is 0. The van der Waals surface area contributed by atoms with Crippen molar-refractivity contribution >= 4 is 33.0 Å².